The molecular formula is C27H27ClF3N7O4. The summed E-state index contributed by atoms with van der Waals surface area (Å²) in [6, 6.07) is 12.8. The van der Waals surface area contributed by atoms with E-state index >= 15 is 0 Å². The van der Waals surface area contributed by atoms with Crippen LogP contribution in [0.2, 0.25) is 5.02 Å². The van der Waals surface area contributed by atoms with E-state index in [0.717, 1.165) is 22.1 Å². The molecule has 0 bridgehead atoms. The molecule has 0 spiro atoms. The Morgan fingerprint density at radius 1 is 1.19 bits per heavy atom. The first-order valence-electron chi connectivity index (χ1n) is 13.0. The van der Waals surface area contributed by atoms with Gasteiger partial charge in [-0.05, 0) is 56.2 Å². The molecule has 2 N–H and O–H groups in total. The van der Waals surface area contributed by atoms with E-state index in [-0.39, 0.29) is 24.1 Å². The lowest BCUT2D eigenvalue weighted by atomic mass is 10.0. The van der Waals surface area contributed by atoms with Gasteiger partial charge in [-0.1, -0.05) is 23.7 Å². The fraction of sp³-hybridized carbons (Fsp3) is 0.370. The summed E-state index contributed by atoms with van der Waals surface area (Å²) in [6.45, 7) is 1.59. The van der Waals surface area contributed by atoms with Crippen LogP contribution in [0, 0.1) is 0 Å². The Hall–Kier alpha value is -4.01. The van der Waals surface area contributed by atoms with Crippen LogP contribution in [0.4, 0.5) is 13.2 Å². The third-order valence-electron chi connectivity index (χ3n) is 6.91. The smallest absolute Gasteiger partial charge is 0.382 e. The fourth-order valence-corrected chi connectivity index (χ4v) is 4.75. The summed E-state index contributed by atoms with van der Waals surface area (Å²) in [5, 5.41) is 21.6. The Kier molecular flexibility index (Phi) is 8.21. The van der Waals surface area contributed by atoms with Crippen LogP contribution >= 0.6 is 11.6 Å². The second-order valence-electron chi connectivity index (χ2n) is 10.1. The second kappa shape index (κ2) is 11.7. The van der Waals surface area contributed by atoms with Crippen LogP contribution in [0.1, 0.15) is 35.9 Å². The van der Waals surface area contributed by atoms with Crippen LogP contribution in [0.3, 0.4) is 0 Å². The molecular weight excluding hydrogens is 579 g/mol. The van der Waals surface area contributed by atoms with Crippen molar-refractivity contribution in [2.45, 2.75) is 50.7 Å². The number of amides is 1. The standard InChI is InChI=1S/C27H27ClF3N7O4/c1-26(11-4-12-42-26)15-32-24(40)19-5-2-3-6-20(19)38-16-33-22(34-38)14-37-25(41)36(13-21(39)27(29,30)31)23(35-37)17-7-9-18(28)10-8-17/h2-3,5-10,16,21,39H,4,11-15H2,1H3,(H,32,40). The largest absolute Gasteiger partial charge is 0.416 e. The van der Waals surface area contributed by atoms with Crippen LogP contribution in [0.5, 0.6) is 0 Å². The number of aliphatic hydroxyl groups is 1. The number of carbonyl (C=O) groups excluding carboxylic acids is 1. The maximum Gasteiger partial charge on any atom is 0.416 e. The molecule has 3 heterocycles. The van der Waals surface area contributed by atoms with Crippen molar-refractivity contribution >= 4 is 17.5 Å². The minimum Gasteiger partial charge on any atom is -0.382 e. The zero-order chi connectivity index (χ0) is 30.1. The third kappa shape index (κ3) is 6.40. The predicted molar refractivity (Wildman–Crippen MR) is 145 cm³/mol. The second-order valence-corrected chi connectivity index (χ2v) is 10.6. The van der Waals surface area contributed by atoms with Gasteiger partial charge >= 0.3 is 11.9 Å². The van der Waals surface area contributed by atoms with Crippen molar-refractivity contribution < 1.29 is 27.8 Å². The zero-order valence-electron chi connectivity index (χ0n) is 22.4. The van der Waals surface area contributed by atoms with Crippen LogP contribution in [-0.2, 0) is 17.8 Å². The van der Waals surface area contributed by atoms with Gasteiger partial charge in [0, 0.05) is 23.7 Å². The van der Waals surface area contributed by atoms with Crippen molar-refractivity contribution in [1.29, 1.82) is 0 Å². The van der Waals surface area contributed by atoms with E-state index < -0.39 is 30.1 Å². The molecule has 4 aromatic rings. The highest BCUT2D eigenvalue weighted by Gasteiger charge is 2.39. The average Bonchev–Trinajstić information content (AvgIpc) is 3.68. The number of benzene rings is 2. The van der Waals surface area contributed by atoms with Crippen molar-refractivity contribution in [3.63, 3.8) is 0 Å². The van der Waals surface area contributed by atoms with E-state index in [9.17, 15) is 27.9 Å². The topological polar surface area (TPSA) is 129 Å². The van der Waals surface area contributed by atoms with Gasteiger partial charge in [0.2, 0.25) is 0 Å². The molecule has 2 unspecified atom stereocenters. The van der Waals surface area contributed by atoms with Crippen LogP contribution in [0.25, 0.3) is 17.1 Å². The molecule has 0 saturated carbocycles. The van der Waals surface area contributed by atoms with E-state index in [1.165, 1.54) is 35.3 Å². The van der Waals surface area contributed by atoms with E-state index in [1.54, 1.807) is 24.3 Å². The summed E-state index contributed by atoms with van der Waals surface area (Å²) in [5.74, 6) is -0.311. The molecule has 1 amide bonds. The quantitative estimate of drug-likeness (QED) is 0.300. The third-order valence-corrected chi connectivity index (χ3v) is 7.16. The lowest BCUT2D eigenvalue weighted by Crippen LogP contribution is -2.40. The highest BCUT2D eigenvalue weighted by atomic mass is 35.5. The minimum absolute atomic E-state index is 0.0960. The first-order valence-corrected chi connectivity index (χ1v) is 13.4. The molecule has 11 nitrogen and oxygen atoms in total. The highest BCUT2D eigenvalue weighted by Crippen LogP contribution is 2.25. The molecule has 42 heavy (non-hydrogen) atoms. The van der Waals surface area contributed by atoms with Gasteiger partial charge in [-0.25, -0.2) is 19.1 Å². The summed E-state index contributed by atoms with van der Waals surface area (Å²) < 4.78 is 48.2. The molecule has 0 aliphatic carbocycles. The SMILES string of the molecule is CC1(CNC(=O)c2ccccc2-n2cnc(Cn3nc(-c4ccc(Cl)cc4)n(CC(O)C(F)(F)F)c3=O)n2)CCCO1. The maximum absolute atomic E-state index is 13.2. The minimum atomic E-state index is -4.94. The predicted octanol–water partition coefficient (Wildman–Crippen LogP) is 3.22. The van der Waals surface area contributed by atoms with Gasteiger partial charge in [0.05, 0.1) is 23.4 Å². The number of rotatable bonds is 9. The number of carbonyl (C=O) groups is 1. The molecule has 5 rings (SSSR count). The highest BCUT2D eigenvalue weighted by molar-refractivity contribution is 6.30. The normalized spacial score (nSPS) is 17.9. The van der Waals surface area contributed by atoms with Crippen molar-refractivity contribution in [3.8, 4) is 17.1 Å². The lowest BCUT2D eigenvalue weighted by molar-refractivity contribution is -0.207. The van der Waals surface area contributed by atoms with Crippen LogP contribution in [-0.4, -0.2) is 71.2 Å². The molecule has 0 radical (unpaired) electrons. The number of ether oxygens (including phenoxy) is 1. The molecule has 2 atom stereocenters. The molecule has 15 heteroatoms. The zero-order valence-corrected chi connectivity index (χ0v) is 23.1. The Morgan fingerprint density at radius 2 is 1.93 bits per heavy atom. The van der Waals surface area contributed by atoms with Crippen molar-refractivity contribution in [3.05, 3.63) is 81.8 Å². The Morgan fingerprint density at radius 3 is 2.62 bits per heavy atom. The average molecular weight is 606 g/mol. The van der Waals surface area contributed by atoms with Gasteiger partial charge < -0.3 is 15.2 Å². The van der Waals surface area contributed by atoms with Gasteiger partial charge in [-0.3, -0.25) is 9.36 Å². The Balaban J connectivity index is 1.40. The summed E-state index contributed by atoms with van der Waals surface area (Å²) in [4.78, 5) is 30.4. The molecule has 2 aromatic carbocycles. The summed E-state index contributed by atoms with van der Waals surface area (Å²) in [7, 11) is 0. The van der Waals surface area contributed by atoms with Crippen molar-refractivity contribution in [2.24, 2.45) is 0 Å². The summed E-state index contributed by atoms with van der Waals surface area (Å²) >= 11 is 5.93. The van der Waals surface area contributed by atoms with Gasteiger partial charge in [-0.2, -0.15) is 13.2 Å². The van der Waals surface area contributed by atoms with Crippen molar-refractivity contribution in [1.82, 2.24) is 34.4 Å². The van der Waals surface area contributed by atoms with Gasteiger partial charge in [0.15, 0.2) is 17.8 Å². The lowest BCUT2D eigenvalue weighted by Gasteiger charge is -2.23. The van der Waals surface area contributed by atoms with E-state index in [0.29, 0.717) is 35.0 Å². The number of para-hydroxylation sites is 1. The number of hydrogen-bond donors (Lipinski definition) is 2. The molecule has 1 saturated heterocycles. The number of aliphatic hydroxyl groups excluding tert-OH is 1. The van der Waals surface area contributed by atoms with Crippen molar-refractivity contribution in [2.75, 3.05) is 13.2 Å². The van der Waals surface area contributed by atoms with Gasteiger partial charge in [0.25, 0.3) is 5.91 Å². The van der Waals surface area contributed by atoms with Gasteiger partial charge in [0.1, 0.15) is 12.9 Å². The van der Waals surface area contributed by atoms with E-state index in [4.69, 9.17) is 16.3 Å². The number of aromatic nitrogens is 6. The Bertz CT molecular complexity index is 1630. The van der Waals surface area contributed by atoms with Crippen LogP contribution in [0.15, 0.2) is 59.7 Å². The van der Waals surface area contributed by atoms with E-state index in [2.05, 4.69) is 20.5 Å². The Labute approximate surface area is 242 Å². The van der Waals surface area contributed by atoms with Crippen LogP contribution < -0.4 is 11.0 Å². The summed E-state index contributed by atoms with van der Waals surface area (Å²) in [6.07, 6.45) is -4.61. The van der Waals surface area contributed by atoms with Gasteiger partial charge in [-0.15, -0.1) is 10.2 Å². The first-order chi connectivity index (χ1) is 19.9. The fourth-order valence-electron chi connectivity index (χ4n) is 4.62. The molecule has 222 valence electrons. The number of hydrogen-bond acceptors (Lipinski definition) is 7. The number of halogens is 4. The number of nitrogens with zero attached hydrogens (tertiary/aromatic N) is 6. The first kappa shape index (κ1) is 29.5. The number of nitrogens with one attached hydrogen (secondary N) is 1. The summed E-state index contributed by atoms with van der Waals surface area (Å²) in [5.41, 5.74) is -0.243. The molecule has 2 aromatic heterocycles. The monoisotopic (exact) mass is 605 g/mol. The maximum atomic E-state index is 13.2. The molecule has 1 aliphatic rings. The molecule has 1 aliphatic heterocycles. The molecule has 1 fully saturated rings. The number of alkyl halides is 3. The van der Waals surface area contributed by atoms with E-state index in [1.807, 2.05) is 6.92 Å².